The van der Waals surface area contributed by atoms with Gasteiger partial charge in [-0.25, -0.2) is 0 Å². The number of amides is 1. The Morgan fingerprint density at radius 1 is 0.964 bits per heavy atom. The van der Waals surface area contributed by atoms with Crippen LogP contribution >= 0.6 is 0 Å². The van der Waals surface area contributed by atoms with E-state index in [0.717, 1.165) is 22.6 Å². The highest BCUT2D eigenvalue weighted by molar-refractivity contribution is 6.02. The van der Waals surface area contributed by atoms with Gasteiger partial charge in [0.2, 0.25) is 5.91 Å². The first-order chi connectivity index (χ1) is 13.8. The largest absolute Gasteiger partial charge is 0.424 e. The Morgan fingerprint density at radius 2 is 1.71 bits per heavy atom. The number of carbonyl (C=O) groups excluding carboxylic acids is 1. The summed E-state index contributed by atoms with van der Waals surface area (Å²) in [5, 5.41) is 6.18. The van der Waals surface area contributed by atoms with Crippen LogP contribution in [0.25, 0.3) is 11.1 Å². The van der Waals surface area contributed by atoms with Crippen LogP contribution in [0.3, 0.4) is 0 Å². The van der Waals surface area contributed by atoms with Gasteiger partial charge in [-0.3, -0.25) is 4.79 Å². The first kappa shape index (κ1) is 16.4. The number of hydrogen-bond acceptors (Lipinski definition) is 5. The summed E-state index contributed by atoms with van der Waals surface area (Å²) in [5.41, 5.74) is 4.17. The Balaban J connectivity index is 1.51. The second kappa shape index (κ2) is 6.74. The van der Waals surface area contributed by atoms with Crippen molar-refractivity contribution in [1.29, 1.82) is 0 Å². The van der Waals surface area contributed by atoms with E-state index in [1.165, 1.54) is 0 Å². The Hall–Kier alpha value is -3.80. The van der Waals surface area contributed by atoms with Gasteiger partial charge in [0.1, 0.15) is 11.6 Å². The molecule has 0 unspecified atom stereocenters. The smallest absolute Gasteiger partial charge is 0.296 e. The molecule has 3 aromatic carbocycles. The van der Waals surface area contributed by atoms with Crippen LogP contribution in [0, 0.1) is 0 Å². The van der Waals surface area contributed by atoms with Crippen molar-refractivity contribution in [3.05, 3.63) is 78.9 Å². The van der Waals surface area contributed by atoms with E-state index in [1.54, 1.807) is 0 Å². The quantitative estimate of drug-likeness (QED) is 0.559. The molecule has 0 aliphatic carbocycles. The van der Waals surface area contributed by atoms with Crippen LogP contribution < -0.4 is 15.5 Å². The van der Waals surface area contributed by atoms with Gasteiger partial charge in [-0.05, 0) is 36.4 Å². The van der Waals surface area contributed by atoms with E-state index in [9.17, 15) is 4.79 Å². The molecule has 2 heterocycles. The van der Waals surface area contributed by atoms with Gasteiger partial charge >= 0.3 is 0 Å². The molecule has 2 N–H and O–H groups in total. The maximum Gasteiger partial charge on any atom is 0.296 e. The summed E-state index contributed by atoms with van der Waals surface area (Å²) >= 11 is 0. The molecule has 0 saturated carbocycles. The molecule has 0 saturated heterocycles. The van der Waals surface area contributed by atoms with Crippen molar-refractivity contribution in [2.75, 3.05) is 22.1 Å². The van der Waals surface area contributed by atoms with Gasteiger partial charge in [-0.2, -0.15) is 4.98 Å². The molecule has 5 rings (SSSR count). The number of hydrogen-bond donors (Lipinski definition) is 2. The van der Waals surface area contributed by atoms with Gasteiger partial charge in [-0.1, -0.05) is 42.5 Å². The standard InChI is InChI=1S/C22H18N4O2/c27-21-18(25-22-24-17-11-5-7-13-20(17)28-22)14-26(15-8-2-1-3-9-15)19-12-6-4-10-16(19)23-21/h1-13,18H,14H2,(H,23,27)(H,24,25)/t18-/m0/s1. The average Bonchev–Trinajstić information content (AvgIpc) is 3.08. The topological polar surface area (TPSA) is 70.4 Å². The summed E-state index contributed by atoms with van der Waals surface area (Å²) in [5.74, 6) is -0.131. The number of anilines is 4. The predicted octanol–water partition coefficient (Wildman–Crippen LogP) is 4.40. The van der Waals surface area contributed by atoms with E-state index >= 15 is 0 Å². The first-order valence-electron chi connectivity index (χ1n) is 9.12. The maximum absolute atomic E-state index is 12.9. The van der Waals surface area contributed by atoms with Crippen molar-refractivity contribution in [3.8, 4) is 0 Å². The fourth-order valence-corrected chi connectivity index (χ4v) is 3.45. The predicted molar refractivity (Wildman–Crippen MR) is 110 cm³/mol. The molecule has 1 amide bonds. The number of aromatic nitrogens is 1. The maximum atomic E-state index is 12.9. The highest BCUT2D eigenvalue weighted by Gasteiger charge is 2.29. The van der Waals surface area contributed by atoms with E-state index in [4.69, 9.17) is 4.42 Å². The summed E-state index contributed by atoms with van der Waals surface area (Å²) < 4.78 is 5.76. The monoisotopic (exact) mass is 370 g/mol. The van der Waals surface area contributed by atoms with E-state index in [2.05, 4.69) is 20.5 Å². The molecule has 138 valence electrons. The lowest BCUT2D eigenvalue weighted by Crippen LogP contribution is -2.40. The van der Waals surface area contributed by atoms with Gasteiger partial charge in [0.05, 0.1) is 17.9 Å². The highest BCUT2D eigenvalue weighted by Crippen LogP contribution is 2.34. The third-order valence-corrected chi connectivity index (χ3v) is 4.79. The van der Waals surface area contributed by atoms with Gasteiger partial charge in [0, 0.05) is 5.69 Å². The normalized spacial score (nSPS) is 16.4. The molecule has 1 aliphatic heterocycles. The summed E-state index contributed by atoms with van der Waals surface area (Å²) in [4.78, 5) is 19.5. The minimum Gasteiger partial charge on any atom is -0.424 e. The second-order valence-electron chi connectivity index (χ2n) is 6.64. The molecule has 0 fully saturated rings. The lowest BCUT2D eigenvalue weighted by Gasteiger charge is -2.26. The molecule has 6 heteroatoms. The van der Waals surface area contributed by atoms with Crippen LogP contribution in [0.1, 0.15) is 0 Å². The number of fused-ring (bicyclic) bond motifs is 2. The Bertz CT molecular complexity index is 1110. The summed E-state index contributed by atoms with van der Waals surface area (Å²) in [6.07, 6.45) is 0. The Kier molecular flexibility index (Phi) is 3.94. The van der Waals surface area contributed by atoms with Gasteiger partial charge in [0.25, 0.3) is 6.01 Å². The average molecular weight is 370 g/mol. The molecule has 1 aromatic heterocycles. The number of nitrogens with zero attached hydrogens (tertiary/aromatic N) is 2. The molecule has 1 atom stereocenters. The van der Waals surface area contributed by atoms with Crippen molar-refractivity contribution < 1.29 is 9.21 Å². The van der Waals surface area contributed by atoms with Crippen LogP contribution in [0.4, 0.5) is 23.1 Å². The van der Waals surface area contributed by atoms with Crippen LogP contribution in [-0.2, 0) is 4.79 Å². The van der Waals surface area contributed by atoms with Crippen molar-refractivity contribution in [3.63, 3.8) is 0 Å². The van der Waals surface area contributed by atoms with Crippen molar-refractivity contribution >= 4 is 40.1 Å². The Labute approximate surface area is 161 Å². The number of benzene rings is 3. The van der Waals surface area contributed by atoms with Gasteiger partial charge in [0.15, 0.2) is 5.58 Å². The molecule has 1 aliphatic rings. The molecule has 0 spiro atoms. The highest BCUT2D eigenvalue weighted by atomic mass is 16.4. The summed E-state index contributed by atoms with van der Waals surface area (Å²) in [6, 6.07) is 25.1. The van der Waals surface area contributed by atoms with E-state index < -0.39 is 6.04 Å². The zero-order valence-electron chi connectivity index (χ0n) is 15.0. The molecular formula is C22H18N4O2. The molecule has 4 aromatic rings. The first-order valence-corrected chi connectivity index (χ1v) is 9.12. The number of oxazole rings is 1. The third kappa shape index (κ3) is 2.95. The minimum absolute atomic E-state index is 0.131. The van der Waals surface area contributed by atoms with Crippen molar-refractivity contribution in [2.24, 2.45) is 0 Å². The summed E-state index contributed by atoms with van der Waals surface area (Å²) in [6.45, 7) is 0.436. The molecule has 0 radical (unpaired) electrons. The minimum atomic E-state index is -0.541. The van der Waals surface area contributed by atoms with Crippen molar-refractivity contribution in [2.45, 2.75) is 6.04 Å². The number of rotatable bonds is 3. The van der Waals surface area contributed by atoms with E-state index in [1.807, 2.05) is 78.9 Å². The lowest BCUT2D eigenvalue weighted by molar-refractivity contribution is -0.116. The van der Waals surface area contributed by atoms with Crippen molar-refractivity contribution in [1.82, 2.24) is 4.98 Å². The number of carbonyl (C=O) groups is 1. The zero-order valence-corrected chi connectivity index (χ0v) is 15.0. The SMILES string of the molecule is O=C1Nc2ccccc2N(c2ccccc2)C[C@@H]1Nc1nc2ccccc2o1. The van der Waals surface area contributed by atoms with Crippen LogP contribution in [0.15, 0.2) is 83.3 Å². The summed E-state index contributed by atoms with van der Waals surface area (Å²) in [7, 11) is 0. The van der Waals surface area contributed by atoms with E-state index in [-0.39, 0.29) is 5.91 Å². The van der Waals surface area contributed by atoms with Crippen LogP contribution in [0.5, 0.6) is 0 Å². The number of nitrogens with one attached hydrogen (secondary N) is 2. The van der Waals surface area contributed by atoms with Gasteiger partial charge < -0.3 is 20.0 Å². The molecular weight excluding hydrogens is 352 g/mol. The van der Waals surface area contributed by atoms with Crippen LogP contribution in [0.2, 0.25) is 0 Å². The second-order valence-corrected chi connectivity index (χ2v) is 6.64. The molecule has 28 heavy (non-hydrogen) atoms. The Morgan fingerprint density at radius 3 is 2.57 bits per heavy atom. The molecule has 6 nitrogen and oxygen atoms in total. The van der Waals surface area contributed by atoms with E-state index in [0.29, 0.717) is 18.1 Å². The number of para-hydroxylation sites is 5. The zero-order chi connectivity index (χ0) is 18.9. The molecule has 0 bridgehead atoms. The van der Waals surface area contributed by atoms with Gasteiger partial charge in [-0.15, -0.1) is 0 Å². The van der Waals surface area contributed by atoms with Crippen LogP contribution in [-0.4, -0.2) is 23.5 Å². The fourth-order valence-electron chi connectivity index (χ4n) is 3.45. The fraction of sp³-hybridized carbons (Fsp3) is 0.0909. The lowest BCUT2D eigenvalue weighted by atomic mass is 10.2. The third-order valence-electron chi connectivity index (χ3n) is 4.79.